The number of carbonyl (C=O) groups excluding carboxylic acids is 1. The molecule has 5 nitrogen and oxygen atoms in total. The number of hydrogen-bond donors (Lipinski definition) is 0. The standard InChI is InChI=1S/C14H16F3N3O2S/c15-14(16,17)11-10(12(21)22-8-9-1-2-9)7-18-13(19-11)20-3-5-23-6-4-20/h7,9H,1-6,8H2. The second kappa shape index (κ2) is 6.54. The van der Waals surface area contributed by atoms with Crippen LogP contribution in [0.5, 0.6) is 0 Å². The third kappa shape index (κ3) is 4.07. The minimum atomic E-state index is -4.73. The molecule has 0 amide bonds. The van der Waals surface area contributed by atoms with Crippen LogP contribution in [0.4, 0.5) is 19.1 Å². The summed E-state index contributed by atoms with van der Waals surface area (Å²) in [6.07, 6.45) is -1.90. The molecule has 0 unspecified atom stereocenters. The number of hydrogen-bond acceptors (Lipinski definition) is 6. The topological polar surface area (TPSA) is 55.3 Å². The zero-order valence-corrected chi connectivity index (χ0v) is 13.1. The summed E-state index contributed by atoms with van der Waals surface area (Å²) in [5.74, 6) is 0.909. The summed E-state index contributed by atoms with van der Waals surface area (Å²) in [7, 11) is 0. The fraction of sp³-hybridized carbons (Fsp3) is 0.643. The Morgan fingerprint density at radius 2 is 2.04 bits per heavy atom. The van der Waals surface area contributed by atoms with E-state index in [0.717, 1.165) is 30.5 Å². The van der Waals surface area contributed by atoms with E-state index in [1.165, 1.54) is 0 Å². The van der Waals surface area contributed by atoms with Crippen molar-refractivity contribution in [3.05, 3.63) is 17.5 Å². The lowest BCUT2D eigenvalue weighted by atomic mass is 10.2. The Labute approximate surface area is 135 Å². The summed E-state index contributed by atoms with van der Waals surface area (Å²) >= 11 is 1.73. The molecule has 2 fully saturated rings. The summed E-state index contributed by atoms with van der Waals surface area (Å²) in [4.78, 5) is 21.2. The van der Waals surface area contributed by atoms with E-state index in [-0.39, 0.29) is 18.5 Å². The van der Waals surface area contributed by atoms with Gasteiger partial charge in [-0.1, -0.05) is 0 Å². The van der Waals surface area contributed by atoms with E-state index in [9.17, 15) is 18.0 Å². The molecule has 2 aliphatic rings. The first kappa shape index (κ1) is 16.4. The fourth-order valence-corrected chi connectivity index (χ4v) is 3.11. The van der Waals surface area contributed by atoms with Crippen LogP contribution >= 0.6 is 11.8 Å². The largest absolute Gasteiger partial charge is 0.462 e. The first-order valence-electron chi connectivity index (χ1n) is 7.39. The smallest absolute Gasteiger partial charge is 0.434 e. The first-order valence-corrected chi connectivity index (χ1v) is 8.54. The number of thioether (sulfide) groups is 1. The van der Waals surface area contributed by atoms with Crippen LogP contribution in [0.15, 0.2) is 6.20 Å². The number of ether oxygens (including phenoxy) is 1. The van der Waals surface area contributed by atoms with Crippen LogP contribution in [0.1, 0.15) is 28.9 Å². The normalized spacial score (nSPS) is 18.8. The van der Waals surface area contributed by atoms with Crippen LogP contribution in [0.2, 0.25) is 0 Å². The van der Waals surface area contributed by atoms with Gasteiger partial charge in [0.05, 0.1) is 6.61 Å². The van der Waals surface area contributed by atoms with Crippen molar-refractivity contribution in [3.63, 3.8) is 0 Å². The molecule has 0 N–H and O–H groups in total. The average Bonchev–Trinajstić information content (AvgIpc) is 3.36. The molecule has 1 aromatic rings. The van der Waals surface area contributed by atoms with Crippen molar-refractivity contribution in [3.8, 4) is 0 Å². The van der Waals surface area contributed by atoms with Crippen molar-refractivity contribution < 1.29 is 22.7 Å². The Morgan fingerprint density at radius 3 is 2.65 bits per heavy atom. The minimum Gasteiger partial charge on any atom is -0.462 e. The predicted octanol–water partition coefficient (Wildman–Crippen LogP) is 2.62. The molecule has 3 rings (SSSR count). The van der Waals surface area contributed by atoms with Crippen LogP contribution in [0, 0.1) is 5.92 Å². The third-order valence-corrected chi connectivity index (χ3v) is 4.65. The Bertz CT molecular complexity index is 587. The molecular formula is C14H16F3N3O2S. The summed E-state index contributed by atoms with van der Waals surface area (Å²) in [5.41, 5.74) is -1.84. The van der Waals surface area contributed by atoms with Crippen LogP contribution in [-0.2, 0) is 10.9 Å². The molecule has 0 atom stereocenters. The maximum Gasteiger partial charge on any atom is 0.434 e. The van der Waals surface area contributed by atoms with E-state index >= 15 is 0 Å². The van der Waals surface area contributed by atoms with Gasteiger partial charge in [0, 0.05) is 30.8 Å². The molecule has 1 aromatic heterocycles. The van der Waals surface area contributed by atoms with Gasteiger partial charge in [0.25, 0.3) is 0 Å². The number of aromatic nitrogens is 2. The van der Waals surface area contributed by atoms with Gasteiger partial charge in [-0.05, 0) is 18.8 Å². The Balaban J connectivity index is 1.84. The maximum absolute atomic E-state index is 13.2. The highest BCUT2D eigenvalue weighted by molar-refractivity contribution is 7.99. The van der Waals surface area contributed by atoms with E-state index in [2.05, 4.69) is 9.97 Å². The van der Waals surface area contributed by atoms with Crippen molar-refractivity contribution >= 4 is 23.7 Å². The number of nitrogens with zero attached hydrogens (tertiary/aromatic N) is 3. The molecule has 1 saturated heterocycles. The van der Waals surface area contributed by atoms with Crippen molar-refractivity contribution in [1.82, 2.24) is 9.97 Å². The Hall–Kier alpha value is -1.51. The third-order valence-electron chi connectivity index (χ3n) is 3.71. The SMILES string of the molecule is O=C(OCC1CC1)c1cnc(N2CCSCC2)nc1C(F)(F)F. The number of carbonyl (C=O) groups is 1. The molecule has 1 aliphatic heterocycles. The quantitative estimate of drug-likeness (QED) is 0.781. The second-order valence-electron chi connectivity index (χ2n) is 5.57. The highest BCUT2D eigenvalue weighted by Crippen LogP contribution is 2.33. The van der Waals surface area contributed by atoms with E-state index in [0.29, 0.717) is 13.1 Å². The summed E-state index contributed by atoms with van der Waals surface area (Å²) < 4.78 is 44.7. The van der Waals surface area contributed by atoms with Crippen molar-refractivity contribution in [2.75, 3.05) is 36.1 Å². The summed E-state index contributed by atoms with van der Waals surface area (Å²) in [6.45, 7) is 1.34. The fourth-order valence-electron chi connectivity index (χ4n) is 2.21. The molecule has 9 heteroatoms. The molecule has 1 aliphatic carbocycles. The number of esters is 1. The van der Waals surface area contributed by atoms with Gasteiger partial charge >= 0.3 is 12.1 Å². The van der Waals surface area contributed by atoms with E-state index in [4.69, 9.17) is 4.74 Å². The number of rotatable bonds is 4. The van der Waals surface area contributed by atoms with Gasteiger partial charge in [-0.2, -0.15) is 24.9 Å². The van der Waals surface area contributed by atoms with Crippen LogP contribution in [-0.4, -0.2) is 47.1 Å². The molecule has 0 spiro atoms. The van der Waals surface area contributed by atoms with Crippen LogP contribution in [0.25, 0.3) is 0 Å². The number of halogens is 3. The molecule has 2 heterocycles. The summed E-state index contributed by atoms with van der Waals surface area (Å²) in [5, 5.41) is 0. The predicted molar refractivity (Wildman–Crippen MR) is 79.6 cm³/mol. The number of alkyl halides is 3. The van der Waals surface area contributed by atoms with Gasteiger partial charge in [0.1, 0.15) is 5.56 Å². The van der Waals surface area contributed by atoms with Gasteiger partial charge in [-0.15, -0.1) is 0 Å². The van der Waals surface area contributed by atoms with Crippen LogP contribution < -0.4 is 4.90 Å². The number of anilines is 1. The van der Waals surface area contributed by atoms with Gasteiger partial charge in [0.15, 0.2) is 5.69 Å². The summed E-state index contributed by atoms with van der Waals surface area (Å²) in [6, 6.07) is 0. The van der Waals surface area contributed by atoms with Gasteiger partial charge in [-0.3, -0.25) is 0 Å². The van der Waals surface area contributed by atoms with E-state index in [1.807, 2.05) is 0 Å². The maximum atomic E-state index is 13.2. The van der Waals surface area contributed by atoms with Crippen molar-refractivity contribution in [2.45, 2.75) is 19.0 Å². The second-order valence-corrected chi connectivity index (χ2v) is 6.80. The minimum absolute atomic E-state index is 0.0105. The highest BCUT2D eigenvalue weighted by Gasteiger charge is 2.39. The van der Waals surface area contributed by atoms with Crippen LogP contribution in [0.3, 0.4) is 0 Å². The zero-order valence-electron chi connectivity index (χ0n) is 12.3. The molecule has 1 saturated carbocycles. The Kier molecular flexibility index (Phi) is 4.65. The molecule has 0 bridgehead atoms. The van der Waals surface area contributed by atoms with Crippen molar-refractivity contribution in [2.24, 2.45) is 5.92 Å². The highest BCUT2D eigenvalue weighted by atomic mass is 32.2. The lowest BCUT2D eigenvalue weighted by molar-refractivity contribution is -0.141. The average molecular weight is 347 g/mol. The molecular weight excluding hydrogens is 331 g/mol. The monoisotopic (exact) mass is 347 g/mol. The molecule has 0 radical (unpaired) electrons. The van der Waals surface area contributed by atoms with E-state index < -0.39 is 23.4 Å². The van der Waals surface area contributed by atoms with Gasteiger partial charge < -0.3 is 9.64 Å². The zero-order chi connectivity index (χ0) is 16.4. The van der Waals surface area contributed by atoms with Gasteiger partial charge in [0.2, 0.25) is 5.95 Å². The van der Waals surface area contributed by atoms with Crippen molar-refractivity contribution in [1.29, 1.82) is 0 Å². The van der Waals surface area contributed by atoms with Gasteiger partial charge in [-0.25, -0.2) is 14.8 Å². The molecule has 126 valence electrons. The lowest BCUT2D eigenvalue weighted by Crippen LogP contribution is -2.34. The Morgan fingerprint density at radius 1 is 1.35 bits per heavy atom. The lowest BCUT2D eigenvalue weighted by Gasteiger charge is -2.27. The van der Waals surface area contributed by atoms with E-state index in [1.54, 1.807) is 16.7 Å². The first-order chi connectivity index (χ1) is 10.9. The molecule has 0 aromatic carbocycles. The molecule has 23 heavy (non-hydrogen) atoms.